The van der Waals surface area contributed by atoms with Crippen molar-refractivity contribution >= 4 is 23.3 Å². The number of amides is 1. The number of ketones is 3. The van der Waals surface area contributed by atoms with Gasteiger partial charge >= 0.3 is 0 Å². The van der Waals surface area contributed by atoms with Gasteiger partial charge in [-0.15, -0.1) is 0 Å². The van der Waals surface area contributed by atoms with Gasteiger partial charge in [-0.1, -0.05) is 24.6 Å². The summed E-state index contributed by atoms with van der Waals surface area (Å²) in [6, 6.07) is 3.87. The van der Waals surface area contributed by atoms with Gasteiger partial charge < -0.3 is 25.0 Å². The molecule has 9 nitrogen and oxygen atoms in total. The first-order chi connectivity index (χ1) is 20.0. The Balaban J connectivity index is 1.48. The van der Waals surface area contributed by atoms with Crippen LogP contribution < -0.4 is 10.1 Å². The zero-order chi connectivity index (χ0) is 30.4. The van der Waals surface area contributed by atoms with Crippen LogP contribution in [0.5, 0.6) is 11.5 Å². The zero-order valence-corrected chi connectivity index (χ0v) is 25.0. The van der Waals surface area contributed by atoms with Crippen LogP contribution >= 0.6 is 0 Å². The van der Waals surface area contributed by atoms with Gasteiger partial charge in [0.2, 0.25) is 5.91 Å². The highest BCUT2D eigenvalue weighted by molar-refractivity contribution is 5.97. The van der Waals surface area contributed by atoms with Crippen LogP contribution in [0.15, 0.2) is 29.8 Å². The molecule has 4 rings (SSSR count). The number of hydrogen-bond acceptors (Lipinski definition) is 8. The Morgan fingerprint density at radius 1 is 1.12 bits per heavy atom. The first-order valence-electron chi connectivity index (χ1n) is 15.2. The Kier molecular flexibility index (Phi) is 10.6. The van der Waals surface area contributed by atoms with Gasteiger partial charge in [0.15, 0.2) is 23.1 Å². The number of aliphatic hydroxyl groups excluding tert-OH is 1. The van der Waals surface area contributed by atoms with E-state index in [1.807, 2.05) is 0 Å². The monoisotopic (exact) mass is 583 g/mol. The van der Waals surface area contributed by atoms with Crippen LogP contribution in [0.25, 0.3) is 0 Å². The van der Waals surface area contributed by atoms with E-state index in [1.54, 1.807) is 26.0 Å². The van der Waals surface area contributed by atoms with Crippen LogP contribution in [0.3, 0.4) is 0 Å². The van der Waals surface area contributed by atoms with Crippen molar-refractivity contribution in [3.8, 4) is 11.5 Å². The fourth-order valence-electron chi connectivity index (χ4n) is 6.18. The largest absolute Gasteiger partial charge is 0.504 e. The molecule has 1 saturated heterocycles. The van der Waals surface area contributed by atoms with E-state index in [2.05, 4.69) is 11.4 Å². The van der Waals surface area contributed by atoms with Gasteiger partial charge in [0.1, 0.15) is 11.4 Å². The van der Waals surface area contributed by atoms with Crippen molar-refractivity contribution < 1.29 is 38.9 Å². The summed E-state index contributed by atoms with van der Waals surface area (Å²) in [6.45, 7) is 3.77. The van der Waals surface area contributed by atoms with E-state index in [4.69, 9.17) is 9.47 Å². The van der Waals surface area contributed by atoms with Gasteiger partial charge in [0.25, 0.3) is 0 Å². The molecule has 42 heavy (non-hydrogen) atoms. The van der Waals surface area contributed by atoms with E-state index in [1.165, 1.54) is 18.7 Å². The van der Waals surface area contributed by atoms with Crippen molar-refractivity contribution in [1.82, 2.24) is 5.32 Å². The molecule has 1 aliphatic heterocycles. The predicted molar refractivity (Wildman–Crippen MR) is 156 cm³/mol. The van der Waals surface area contributed by atoms with Crippen LogP contribution in [-0.2, 0) is 30.3 Å². The molecule has 0 radical (unpaired) electrons. The first-order valence-corrected chi connectivity index (χ1v) is 15.2. The molecule has 0 spiro atoms. The molecule has 1 aromatic rings. The molecular formula is C33H45NO8. The minimum Gasteiger partial charge on any atom is -0.504 e. The second-order valence-corrected chi connectivity index (χ2v) is 12.6. The Labute approximate surface area is 248 Å². The first kappa shape index (κ1) is 31.9. The fourth-order valence-corrected chi connectivity index (χ4v) is 6.18. The number of benzene rings is 1. The molecule has 0 bridgehead atoms. The number of allylic oxidation sites excluding steroid dienone is 2. The SMILES string of the molecule is COc1ccc(C[C@H](NC(=O)[C@@H](C)CC(=O)C2CCC(O)CC2)C(=O)C[C@@H](CC2=CCCC2)C(=O)[C@@]2(C)CO2)cc1O. The van der Waals surface area contributed by atoms with Gasteiger partial charge in [0.05, 0.1) is 25.9 Å². The molecule has 2 aliphatic carbocycles. The molecule has 4 atom stereocenters. The van der Waals surface area contributed by atoms with E-state index in [0.29, 0.717) is 50.0 Å². The number of carbonyl (C=O) groups is 4. The van der Waals surface area contributed by atoms with Crippen molar-refractivity contribution in [3.63, 3.8) is 0 Å². The standard InChI is InChI=1S/C33H45NO8/c1-20(14-27(36)23-9-11-25(35)12-10-23)32(40)34-26(16-22-8-13-30(41-3)29(38)17-22)28(37)18-24(15-21-6-4-5-7-21)31(39)33(2)19-42-33/h6,8,13,17,20,23-26,35,38H,4-5,7,9-12,14-16,18-19H2,1-3H3,(H,34,40)/t20-,23?,24+,25?,26-,33+/m0/s1. The summed E-state index contributed by atoms with van der Waals surface area (Å²) in [7, 11) is 1.44. The maximum absolute atomic E-state index is 13.8. The number of ether oxygens (including phenoxy) is 2. The lowest BCUT2D eigenvalue weighted by atomic mass is 9.82. The summed E-state index contributed by atoms with van der Waals surface area (Å²) in [5.41, 5.74) is 0.929. The molecule has 1 saturated carbocycles. The summed E-state index contributed by atoms with van der Waals surface area (Å²) in [5.74, 6) is -1.93. The lowest BCUT2D eigenvalue weighted by Gasteiger charge is -2.26. The summed E-state index contributed by atoms with van der Waals surface area (Å²) in [5, 5.41) is 22.9. The van der Waals surface area contributed by atoms with Gasteiger partial charge in [-0.2, -0.15) is 0 Å². The zero-order valence-electron chi connectivity index (χ0n) is 25.0. The number of epoxide rings is 1. The Morgan fingerprint density at radius 2 is 1.83 bits per heavy atom. The fraction of sp³-hybridized carbons (Fsp3) is 0.636. The number of phenols is 1. The third-order valence-electron chi connectivity index (χ3n) is 9.06. The highest BCUT2D eigenvalue weighted by Gasteiger charge is 2.50. The molecule has 1 amide bonds. The molecule has 9 heteroatoms. The molecule has 230 valence electrons. The summed E-state index contributed by atoms with van der Waals surface area (Å²) < 4.78 is 10.6. The van der Waals surface area contributed by atoms with Crippen LogP contribution in [-0.4, -0.2) is 64.9 Å². The average molecular weight is 584 g/mol. The Morgan fingerprint density at radius 3 is 2.43 bits per heavy atom. The van der Waals surface area contributed by atoms with Gasteiger partial charge in [0, 0.05) is 30.6 Å². The minimum atomic E-state index is -0.951. The third-order valence-corrected chi connectivity index (χ3v) is 9.06. The summed E-state index contributed by atoms with van der Waals surface area (Å²) in [4.78, 5) is 53.4. The normalized spacial score (nSPS) is 25.6. The molecule has 1 heterocycles. The van der Waals surface area contributed by atoms with Crippen molar-refractivity contribution in [2.45, 2.75) is 102 Å². The van der Waals surface area contributed by atoms with Crippen molar-refractivity contribution in [2.24, 2.45) is 17.8 Å². The molecule has 3 N–H and O–H groups in total. The molecule has 0 unspecified atom stereocenters. The second kappa shape index (κ2) is 14.0. The molecule has 2 fully saturated rings. The smallest absolute Gasteiger partial charge is 0.223 e. The number of nitrogens with one attached hydrogen (secondary N) is 1. The van der Waals surface area contributed by atoms with Crippen molar-refractivity contribution in [1.29, 1.82) is 0 Å². The van der Waals surface area contributed by atoms with Gasteiger partial charge in [-0.3, -0.25) is 19.2 Å². The Bertz CT molecular complexity index is 1190. The molecular weight excluding hydrogens is 538 g/mol. The lowest BCUT2D eigenvalue weighted by molar-refractivity contribution is -0.135. The van der Waals surface area contributed by atoms with E-state index in [0.717, 1.165) is 19.3 Å². The minimum absolute atomic E-state index is 0.000629. The van der Waals surface area contributed by atoms with Crippen molar-refractivity contribution in [2.75, 3.05) is 13.7 Å². The number of methoxy groups -OCH3 is 1. The quantitative estimate of drug-likeness (QED) is 0.208. The third kappa shape index (κ3) is 8.28. The van der Waals surface area contributed by atoms with Crippen molar-refractivity contribution in [3.05, 3.63) is 35.4 Å². The maximum Gasteiger partial charge on any atom is 0.223 e. The van der Waals surface area contributed by atoms with E-state index < -0.39 is 29.4 Å². The number of aliphatic hydroxyl groups is 1. The summed E-state index contributed by atoms with van der Waals surface area (Å²) >= 11 is 0. The van der Waals surface area contributed by atoms with Crippen LogP contribution in [0.1, 0.15) is 83.6 Å². The molecule has 1 aromatic carbocycles. The van der Waals surface area contributed by atoms with E-state index in [9.17, 15) is 29.4 Å². The lowest BCUT2D eigenvalue weighted by Crippen LogP contribution is -2.46. The number of phenolic OH excluding ortho intramolecular Hbond substituents is 1. The van der Waals surface area contributed by atoms with E-state index in [-0.39, 0.29) is 54.4 Å². The number of carbonyl (C=O) groups excluding carboxylic acids is 4. The molecule has 0 aromatic heterocycles. The topological polar surface area (TPSA) is 143 Å². The number of aromatic hydroxyl groups is 1. The van der Waals surface area contributed by atoms with Crippen LogP contribution in [0.4, 0.5) is 0 Å². The second-order valence-electron chi connectivity index (χ2n) is 12.6. The molecule has 3 aliphatic rings. The van der Waals surface area contributed by atoms with Gasteiger partial charge in [-0.05, 0) is 82.4 Å². The number of rotatable bonds is 15. The number of hydrogen-bond donors (Lipinski definition) is 3. The Hall–Kier alpha value is -3.04. The van der Waals surface area contributed by atoms with Crippen LogP contribution in [0.2, 0.25) is 0 Å². The summed E-state index contributed by atoms with van der Waals surface area (Å²) in [6.07, 6.45) is 7.72. The average Bonchev–Trinajstić information content (AvgIpc) is 3.50. The van der Waals surface area contributed by atoms with Crippen LogP contribution in [0, 0.1) is 17.8 Å². The highest BCUT2D eigenvalue weighted by atomic mass is 16.6. The predicted octanol–water partition coefficient (Wildman–Crippen LogP) is 4.01. The van der Waals surface area contributed by atoms with Gasteiger partial charge in [-0.25, -0.2) is 0 Å². The number of Topliss-reactive ketones (excluding diaryl/α,β-unsaturated/α-hetero) is 3. The highest BCUT2D eigenvalue weighted by Crippen LogP contribution is 2.36. The maximum atomic E-state index is 13.8. The van der Waals surface area contributed by atoms with E-state index >= 15 is 0 Å².